The third-order valence-corrected chi connectivity index (χ3v) is 4.29. The van der Waals surface area contributed by atoms with E-state index in [1.54, 1.807) is 13.0 Å². The molecule has 1 aromatic carbocycles. The second-order valence-electron chi connectivity index (χ2n) is 4.76. The topological polar surface area (TPSA) is 61.8 Å². The molecule has 0 atom stereocenters. The Balaban J connectivity index is 2.20. The van der Waals surface area contributed by atoms with Crippen LogP contribution in [0.5, 0.6) is 11.5 Å². The van der Waals surface area contributed by atoms with Gasteiger partial charge in [-0.1, -0.05) is 0 Å². The van der Waals surface area contributed by atoms with Crippen molar-refractivity contribution in [2.75, 3.05) is 13.7 Å². The summed E-state index contributed by atoms with van der Waals surface area (Å²) in [5, 5.41) is 0.679. The molecular weight excluding hydrogens is 342 g/mol. The molecule has 130 valence electrons. The highest BCUT2D eigenvalue weighted by atomic mass is 32.1. The number of alkyl halides is 2. The number of halogens is 2. The molecule has 2 rings (SSSR count). The third-order valence-electron chi connectivity index (χ3n) is 3.15. The van der Waals surface area contributed by atoms with Gasteiger partial charge in [0.2, 0.25) is 0 Å². The first kappa shape index (κ1) is 18.1. The Morgan fingerprint density at radius 3 is 2.54 bits per heavy atom. The van der Waals surface area contributed by atoms with E-state index in [0.29, 0.717) is 15.0 Å². The lowest BCUT2D eigenvalue weighted by molar-refractivity contribution is -0.143. The first-order valence-corrected chi connectivity index (χ1v) is 8.01. The molecule has 5 nitrogen and oxygen atoms in total. The van der Waals surface area contributed by atoms with Gasteiger partial charge in [0.25, 0.3) is 0 Å². The number of hydrogen-bond donors (Lipinski definition) is 0. The number of ketones is 1. The number of hydrogen-bond acceptors (Lipinski definition) is 6. The highest BCUT2D eigenvalue weighted by Gasteiger charge is 2.17. The van der Waals surface area contributed by atoms with Gasteiger partial charge in [-0.3, -0.25) is 9.59 Å². The summed E-state index contributed by atoms with van der Waals surface area (Å²) in [5.41, 5.74) is 0. The van der Waals surface area contributed by atoms with E-state index >= 15 is 0 Å². The number of fused-ring (bicyclic) bond motifs is 1. The SMILES string of the molecule is CCOC(=O)CCC(=O)c1cc2cc(OC)c(OC(F)F)cc2s1. The Bertz CT molecular complexity index is 741. The second kappa shape index (κ2) is 8.05. The summed E-state index contributed by atoms with van der Waals surface area (Å²) in [7, 11) is 1.34. The predicted molar refractivity (Wildman–Crippen MR) is 85.2 cm³/mol. The minimum absolute atomic E-state index is 0.00395. The summed E-state index contributed by atoms with van der Waals surface area (Å²) < 4.78 is 39.7. The van der Waals surface area contributed by atoms with Crippen molar-refractivity contribution in [3.63, 3.8) is 0 Å². The minimum atomic E-state index is -2.97. The molecule has 1 aromatic heterocycles. The van der Waals surface area contributed by atoms with Gasteiger partial charge in [-0.2, -0.15) is 8.78 Å². The molecular formula is C16H16F2O5S. The number of carbonyl (C=O) groups excluding carboxylic acids is 2. The van der Waals surface area contributed by atoms with Gasteiger partial charge in [0, 0.05) is 17.2 Å². The number of benzene rings is 1. The van der Waals surface area contributed by atoms with E-state index in [1.807, 2.05) is 0 Å². The Morgan fingerprint density at radius 2 is 1.92 bits per heavy atom. The lowest BCUT2D eigenvalue weighted by Crippen LogP contribution is -2.07. The maximum atomic E-state index is 12.4. The van der Waals surface area contributed by atoms with Crippen LogP contribution in [-0.4, -0.2) is 32.1 Å². The van der Waals surface area contributed by atoms with Gasteiger partial charge in [0.1, 0.15) is 0 Å². The summed E-state index contributed by atoms with van der Waals surface area (Å²) in [5.74, 6) is -0.570. The Kier molecular flexibility index (Phi) is 6.08. The van der Waals surface area contributed by atoms with E-state index in [9.17, 15) is 18.4 Å². The molecule has 0 spiro atoms. The van der Waals surface area contributed by atoms with Crippen LogP contribution in [-0.2, 0) is 9.53 Å². The van der Waals surface area contributed by atoms with Crippen molar-refractivity contribution in [3.8, 4) is 11.5 Å². The molecule has 0 amide bonds. The summed E-state index contributed by atoms with van der Waals surface area (Å²) >= 11 is 1.15. The molecule has 0 aliphatic carbocycles. The number of thiophene rings is 1. The molecule has 2 aromatic rings. The maximum absolute atomic E-state index is 12.4. The maximum Gasteiger partial charge on any atom is 0.387 e. The molecule has 0 aliphatic rings. The normalized spacial score (nSPS) is 10.9. The van der Waals surface area contributed by atoms with Gasteiger partial charge in [0.15, 0.2) is 17.3 Å². The average Bonchev–Trinajstić information content (AvgIpc) is 2.94. The van der Waals surface area contributed by atoms with Crippen molar-refractivity contribution in [1.29, 1.82) is 0 Å². The van der Waals surface area contributed by atoms with Gasteiger partial charge >= 0.3 is 12.6 Å². The summed E-state index contributed by atoms with van der Waals surface area (Å²) in [4.78, 5) is 23.9. The van der Waals surface area contributed by atoms with Crippen molar-refractivity contribution >= 4 is 33.2 Å². The summed E-state index contributed by atoms with van der Waals surface area (Å²) in [6.07, 6.45) is 0.0349. The van der Waals surface area contributed by atoms with Crippen LogP contribution in [0.3, 0.4) is 0 Å². The number of Topliss-reactive ketones (excluding diaryl/α,β-unsaturated/α-hetero) is 1. The largest absolute Gasteiger partial charge is 0.493 e. The standard InChI is InChI=1S/C16H16F2O5S/c1-3-22-15(20)5-4-10(19)14-7-9-6-11(21-2)12(23-16(17)18)8-13(9)24-14/h6-8,16H,3-5H2,1-2H3. The van der Waals surface area contributed by atoms with Gasteiger partial charge in [-0.15, -0.1) is 11.3 Å². The fourth-order valence-corrected chi connectivity index (χ4v) is 3.14. The molecule has 0 aliphatic heterocycles. The van der Waals surface area contributed by atoms with Crippen LogP contribution in [0.2, 0.25) is 0 Å². The fraction of sp³-hybridized carbons (Fsp3) is 0.375. The van der Waals surface area contributed by atoms with Gasteiger partial charge in [-0.25, -0.2) is 0 Å². The molecule has 24 heavy (non-hydrogen) atoms. The molecule has 0 saturated heterocycles. The van der Waals surface area contributed by atoms with Crippen LogP contribution in [0.15, 0.2) is 18.2 Å². The summed E-state index contributed by atoms with van der Waals surface area (Å²) in [6, 6.07) is 4.58. The van der Waals surface area contributed by atoms with E-state index in [-0.39, 0.29) is 36.7 Å². The zero-order valence-corrected chi connectivity index (χ0v) is 14.0. The molecule has 0 radical (unpaired) electrons. The van der Waals surface area contributed by atoms with E-state index in [4.69, 9.17) is 9.47 Å². The number of carbonyl (C=O) groups is 2. The van der Waals surface area contributed by atoms with E-state index in [0.717, 1.165) is 11.3 Å². The Morgan fingerprint density at radius 1 is 1.17 bits per heavy atom. The smallest absolute Gasteiger partial charge is 0.387 e. The number of rotatable bonds is 8. The molecule has 0 fully saturated rings. The predicted octanol–water partition coefficient (Wildman–Crippen LogP) is 4.04. The highest BCUT2D eigenvalue weighted by molar-refractivity contribution is 7.20. The van der Waals surface area contributed by atoms with Crippen LogP contribution in [0.4, 0.5) is 8.78 Å². The zero-order chi connectivity index (χ0) is 17.7. The molecule has 1 heterocycles. The number of methoxy groups -OCH3 is 1. The van der Waals surface area contributed by atoms with Crippen molar-refractivity contribution in [2.24, 2.45) is 0 Å². The van der Waals surface area contributed by atoms with E-state index < -0.39 is 12.6 Å². The first-order chi connectivity index (χ1) is 11.4. The Hall–Kier alpha value is -2.22. The van der Waals surface area contributed by atoms with Crippen LogP contribution in [0.25, 0.3) is 10.1 Å². The molecule has 0 unspecified atom stereocenters. The highest BCUT2D eigenvalue weighted by Crippen LogP contribution is 2.37. The first-order valence-electron chi connectivity index (χ1n) is 7.19. The second-order valence-corrected chi connectivity index (χ2v) is 5.84. The fourth-order valence-electron chi connectivity index (χ4n) is 2.10. The lowest BCUT2D eigenvalue weighted by atomic mass is 10.1. The van der Waals surface area contributed by atoms with Crippen molar-refractivity contribution in [2.45, 2.75) is 26.4 Å². The Labute approximate surface area is 141 Å². The lowest BCUT2D eigenvalue weighted by Gasteiger charge is -2.09. The average molecular weight is 358 g/mol. The van der Waals surface area contributed by atoms with Crippen LogP contribution < -0.4 is 9.47 Å². The molecule has 0 N–H and O–H groups in total. The minimum Gasteiger partial charge on any atom is -0.493 e. The monoisotopic (exact) mass is 358 g/mol. The van der Waals surface area contributed by atoms with Crippen molar-refractivity contribution in [3.05, 3.63) is 23.1 Å². The molecule has 0 bridgehead atoms. The van der Waals surface area contributed by atoms with Gasteiger partial charge in [-0.05, 0) is 24.4 Å². The molecule has 8 heteroatoms. The van der Waals surface area contributed by atoms with Gasteiger partial charge < -0.3 is 14.2 Å². The van der Waals surface area contributed by atoms with Crippen molar-refractivity contribution in [1.82, 2.24) is 0 Å². The number of esters is 1. The van der Waals surface area contributed by atoms with Gasteiger partial charge in [0.05, 0.1) is 25.0 Å². The number of ether oxygens (including phenoxy) is 3. The van der Waals surface area contributed by atoms with Crippen LogP contribution in [0.1, 0.15) is 29.4 Å². The summed E-state index contributed by atoms with van der Waals surface area (Å²) in [6.45, 7) is -1.01. The van der Waals surface area contributed by atoms with Crippen molar-refractivity contribution < 1.29 is 32.6 Å². The zero-order valence-electron chi connectivity index (χ0n) is 13.1. The van der Waals surface area contributed by atoms with Crippen LogP contribution >= 0.6 is 11.3 Å². The quantitative estimate of drug-likeness (QED) is 0.526. The van der Waals surface area contributed by atoms with E-state index in [2.05, 4.69) is 4.74 Å². The molecule has 0 saturated carbocycles. The van der Waals surface area contributed by atoms with E-state index in [1.165, 1.54) is 19.2 Å². The van der Waals surface area contributed by atoms with Crippen LogP contribution in [0, 0.1) is 0 Å². The third kappa shape index (κ3) is 4.41.